The highest BCUT2D eigenvalue weighted by Gasteiger charge is 2.21. The maximum absolute atomic E-state index is 4.76. The molecule has 1 heterocycles. The number of pyridine rings is 1. The first-order chi connectivity index (χ1) is 16.8. The molecule has 2 atom stereocenters. The average molecular weight is 462 g/mol. The summed E-state index contributed by atoms with van der Waals surface area (Å²) in [4.78, 5) is 4.76. The topological polar surface area (TPSA) is 12.9 Å². The van der Waals surface area contributed by atoms with Crippen LogP contribution >= 0.6 is 0 Å². The van der Waals surface area contributed by atoms with Gasteiger partial charge >= 0.3 is 0 Å². The second kappa shape index (κ2) is 16.1. The van der Waals surface area contributed by atoms with Crippen LogP contribution in [0.5, 0.6) is 0 Å². The fourth-order valence-corrected chi connectivity index (χ4v) is 5.85. The number of rotatable bonds is 16. The van der Waals surface area contributed by atoms with Crippen LogP contribution in [0.15, 0.2) is 42.6 Å². The van der Waals surface area contributed by atoms with Crippen LogP contribution in [0.1, 0.15) is 128 Å². The molecule has 1 fully saturated rings. The molecule has 0 saturated heterocycles. The number of benzene rings is 1. The third kappa shape index (κ3) is 9.93. The van der Waals surface area contributed by atoms with E-state index in [4.69, 9.17) is 4.98 Å². The van der Waals surface area contributed by atoms with Gasteiger partial charge in [-0.15, -0.1) is 0 Å². The number of aryl methyl sites for hydroxylation is 2. The second-order valence-electron chi connectivity index (χ2n) is 11.1. The third-order valence-corrected chi connectivity index (χ3v) is 8.09. The fraction of sp³-hybridized carbons (Fsp3) is 0.667. The van der Waals surface area contributed by atoms with Gasteiger partial charge in [-0.1, -0.05) is 128 Å². The van der Waals surface area contributed by atoms with Crippen molar-refractivity contribution < 1.29 is 0 Å². The van der Waals surface area contributed by atoms with Crippen LogP contribution in [-0.4, -0.2) is 4.98 Å². The standard InChI is InChI=1S/C33H51N/c1-3-5-7-9-11-14-29-16-13-17-30(26-29)19-18-28-20-23-32(24-21-28)33-25-22-31(27-34-33)15-12-10-8-6-4-2/h20-25,27,29-30H,3-19,26H2,1-2H3. The Hall–Kier alpha value is -1.63. The largest absolute Gasteiger partial charge is 0.256 e. The summed E-state index contributed by atoms with van der Waals surface area (Å²) in [5.41, 5.74) is 5.23. The molecule has 0 aliphatic heterocycles. The summed E-state index contributed by atoms with van der Waals surface area (Å²) < 4.78 is 0. The van der Waals surface area contributed by atoms with E-state index < -0.39 is 0 Å². The predicted octanol–water partition coefficient (Wildman–Crippen LogP) is 10.4. The molecule has 1 aliphatic rings. The van der Waals surface area contributed by atoms with Crippen molar-refractivity contribution in [2.75, 3.05) is 0 Å². The minimum absolute atomic E-state index is 0.949. The van der Waals surface area contributed by atoms with E-state index in [9.17, 15) is 0 Å². The molecule has 1 aromatic heterocycles. The van der Waals surface area contributed by atoms with Crippen molar-refractivity contribution in [1.82, 2.24) is 4.98 Å². The van der Waals surface area contributed by atoms with Crippen molar-refractivity contribution >= 4 is 0 Å². The Labute approximate surface area is 211 Å². The van der Waals surface area contributed by atoms with Crippen molar-refractivity contribution in [2.45, 2.75) is 129 Å². The predicted molar refractivity (Wildman–Crippen MR) is 149 cm³/mol. The number of nitrogens with zero attached hydrogens (tertiary/aromatic N) is 1. The molecule has 34 heavy (non-hydrogen) atoms. The minimum atomic E-state index is 0.949. The first kappa shape index (κ1) is 27.0. The van der Waals surface area contributed by atoms with E-state index in [1.54, 1.807) is 0 Å². The summed E-state index contributed by atoms with van der Waals surface area (Å²) in [5, 5.41) is 0. The van der Waals surface area contributed by atoms with Gasteiger partial charge in [0, 0.05) is 11.8 Å². The van der Waals surface area contributed by atoms with Crippen molar-refractivity contribution in [3.05, 3.63) is 53.7 Å². The van der Waals surface area contributed by atoms with Crippen LogP contribution in [0.2, 0.25) is 0 Å². The third-order valence-electron chi connectivity index (χ3n) is 8.09. The number of aromatic nitrogens is 1. The summed E-state index contributed by atoms with van der Waals surface area (Å²) in [7, 11) is 0. The lowest BCUT2D eigenvalue weighted by Gasteiger charge is -2.29. The number of hydrogen-bond donors (Lipinski definition) is 0. The molecular weight excluding hydrogens is 410 g/mol. The number of hydrogen-bond acceptors (Lipinski definition) is 1. The van der Waals surface area contributed by atoms with Crippen LogP contribution in [-0.2, 0) is 12.8 Å². The van der Waals surface area contributed by atoms with Crippen molar-refractivity contribution in [3.63, 3.8) is 0 Å². The molecule has 1 heteroatoms. The van der Waals surface area contributed by atoms with Gasteiger partial charge in [0.05, 0.1) is 5.69 Å². The molecule has 0 amide bonds. The van der Waals surface area contributed by atoms with Gasteiger partial charge in [0.1, 0.15) is 0 Å². The molecule has 2 unspecified atom stereocenters. The molecule has 1 aliphatic carbocycles. The number of unbranched alkanes of at least 4 members (excludes halogenated alkanes) is 8. The highest BCUT2D eigenvalue weighted by atomic mass is 14.7. The van der Waals surface area contributed by atoms with Crippen LogP contribution in [0.3, 0.4) is 0 Å². The minimum Gasteiger partial charge on any atom is -0.256 e. The van der Waals surface area contributed by atoms with Crippen LogP contribution < -0.4 is 0 Å². The van der Waals surface area contributed by atoms with E-state index in [0.29, 0.717) is 0 Å². The molecule has 188 valence electrons. The Morgan fingerprint density at radius 1 is 0.647 bits per heavy atom. The maximum Gasteiger partial charge on any atom is 0.0702 e. The van der Waals surface area contributed by atoms with Crippen molar-refractivity contribution in [2.24, 2.45) is 11.8 Å². The van der Waals surface area contributed by atoms with E-state index in [-0.39, 0.29) is 0 Å². The summed E-state index contributed by atoms with van der Waals surface area (Å²) in [6, 6.07) is 13.7. The Morgan fingerprint density at radius 2 is 1.29 bits per heavy atom. The van der Waals surface area contributed by atoms with Crippen LogP contribution in [0.4, 0.5) is 0 Å². The van der Waals surface area contributed by atoms with Gasteiger partial charge in [0.15, 0.2) is 0 Å². The lowest BCUT2D eigenvalue weighted by atomic mass is 9.77. The van der Waals surface area contributed by atoms with E-state index in [2.05, 4.69) is 56.4 Å². The molecule has 0 bridgehead atoms. The second-order valence-corrected chi connectivity index (χ2v) is 11.1. The van der Waals surface area contributed by atoms with Crippen LogP contribution in [0.25, 0.3) is 11.3 Å². The van der Waals surface area contributed by atoms with Crippen molar-refractivity contribution in [3.8, 4) is 11.3 Å². The molecule has 0 radical (unpaired) electrons. The molecule has 3 rings (SSSR count). The zero-order valence-corrected chi connectivity index (χ0v) is 22.4. The molecule has 1 saturated carbocycles. The van der Waals surface area contributed by atoms with Crippen molar-refractivity contribution in [1.29, 1.82) is 0 Å². The summed E-state index contributed by atoms with van der Waals surface area (Å²) in [6.07, 6.45) is 27.1. The first-order valence-electron chi connectivity index (χ1n) is 14.8. The monoisotopic (exact) mass is 461 g/mol. The van der Waals surface area contributed by atoms with Gasteiger partial charge in [-0.05, 0) is 61.1 Å². The molecule has 2 aromatic rings. The van der Waals surface area contributed by atoms with E-state index in [1.807, 2.05) is 0 Å². The summed E-state index contributed by atoms with van der Waals surface area (Å²) in [6.45, 7) is 4.59. The van der Waals surface area contributed by atoms with E-state index in [0.717, 1.165) is 24.0 Å². The Bertz CT molecular complexity index is 760. The molecule has 0 spiro atoms. The Morgan fingerprint density at radius 3 is 1.97 bits per heavy atom. The zero-order valence-electron chi connectivity index (χ0n) is 22.4. The average Bonchev–Trinajstić information content (AvgIpc) is 2.88. The highest BCUT2D eigenvalue weighted by Crippen LogP contribution is 2.35. The lowest BCUT2D eigenvalue weighted by Crippen LogP contribution is -2.16. The molecule has 0 N–H and O–H groups in total. The maximum atomic E-state index is 4.76. The van der Waals surface area contributed by atoms with Gasteiger partial charge in [-0.3, -0.25) is 4.98 Å². The van der Waals surface area contributed by atoms with Gasteiger partial charge in [-0.25, -0.2) is 0 Å². The smallest absolute Gasteiger partial charge is 0.0702 e. The van der Waals surface area contributed by atoms with Gasteiger partial charge < -0.3 is 0 Å². The summed E-state index contributed by atoms with van der Waals surface area (Å²) >= 11 is 0. The van der Waals surface area contributed by atoms with Gasteiger partial charge in [0.25, 0.3) is 0 Å². The zero-order chi connectivity index (χ0) is 23.8. The fourth-order valence-electron chi connectivity index (χ4n) is 5.85. The Balaban J connectivity index is 1.38. The highest BCUT2D eigenvalue weighted by molar-refractivity contribution is 5.59. The lowest BCUT2D eigenvalue weighted by molar-refractivity contribution is 0.239. The van der Waals surface area contributed by atoms with Crippen LogP contribution in [0, 0.1) is 11.8 Å². The molecular formula is C33H51N. The van der Waals surface area contributed by atoms with Gasteiger partial charge in [-0.2, -0.15) is 0 Å². The molecule has 1 nitrogen and oxygen atoms in total. The SMILES string of the molecule is CCCCCCCc1ccc(-c2ccc(CCC3CCCC(CCCCCCC)C3)cc2)nc1. The van der Waals surface area contributed by atoms with E-state index >= 15 is 0 Å². The Kier molecular flexibility index (Phi) is 12.8. The quantitative estimate of drug-likeness (QED) is 0.226. The first-order valence-corrected chi connectivity index (χ1v) is 14.8. The molecule has 1 aromatic carbocycles. The normalized spacial score (nSPS) is 18.3. The summed E-state index contributed by atoms with van der Waals surface area (Å²) in [5.74, 6) is 1.96. The van der Waals surface area contributed by atoms with Gasteiger partial charge in [0.2, 0.25) is 0 Å². The van der Waals surface area contributed by atoms with E-state index in [1.165, 1.54) is 126 Å².